The van der Waals surface area contributed by atoms with Crippen LogP contribution in [0.2, 0.25) is 5.02 Å². The highest BCUT2D eigenvalue weighted by Gasteiger charge is 2.32. The van der Waals surface area contributed by atoms with E-state index < -0.39 is 0 Å². The van der Waals surface area contributed by atoms with E-state index in [0.717, 1.165) is 42.3 Å². The SMILES string of the molecule is CCNC(Cc1c(Cl)c(CC)nn1CC)C(C)(C)N(C)C. The Labute approximate surface area is 134 Å². The van der Waals surface area contributed by atoms with Crippen LogP contribution in [-0.2, 0) is 19.4 Å². The van der Waals surface area contributed by atoms with E-state index in [4.69, 9.17) is 11.6 Å². The van der Waals surface area contributed by atoms with Gasteiger partial charge in [0.25, 0.3) is 0 Å². The van der Waals surface area contributed by atoms with Gasteiger partial charge in [-0.1, -0.05) is 25.4 Å². The summed E-state index contributed by atoms with van der Waals surface area (Å²) in [5, 5.41) is 9.09. The van der Waals surface area contributed by atoms with Gasteiger partial charge in [0.05, 0.1) is 16.4 Å². The summed E-state index contributed by atoms with van der Waals surface area (Å²) < 4.78 is 2.05. The van der Waals surface area contributed by atoms with Gasteiger partial charge in [-0.25, -0.2) is 0 Å². The molecule has 4 nitrogen and oxygen atoms in total. The van der Waals surface area contributed by atoms with Crippen molar-refractivity contribution in [3.8, 4) is 0 Å². The number of rotatable bonds is 8. The molecule has 0 aliphatic carbocycles. The van der Waals surface area contributed by atoms with Crippen molar-refractivity contribution in [3.63, 3.8) is 0 Å². The molecule has 0 saturated heterocycles. The van der Waals surface area contributed by atoms with E-state index in [-0.39, 0.29) is 5.54 Å². The molecule has 0 aromatic carbocycles. The summed E-state index contributed by atoms with van der Waals surface area (Å²) in [5.74, 6) is 0. The molecule has 122 valence electrons. The molecule has 0 fully saturated rings. The van der Waals surface area contributed by atoms with Crippen molar-refractivity contribution in [2.24, 2.45) is 0 Å². The number of aromatic nitrogens is 2. The van der Waals surface area contributed by atoms with E-state index in [9.17, 15) is 0 Å². The lowest BCUT2D eigenvalue weighted by molar-refractivity contribution is 0.137. The Morgan fingerprint density at radius 3 is 2.33 bits per heavy atom. The molecule has 0 aliphatic rings. The van der Waals surface area contributed by atoms with Crippen LogP contribution in [0.25, 0.3) is 0 Å². The summed E-state index contributed by atoms with van der Waals surface area (Å²) in [6.07, 6.45) is 1.76. The first kappa shape index (κ1) is 18.5. The van der Waals surface area contributed by atoms with Crippen molar-refractivity contribution in [1.82, 2.24) is 20.0 Å². The molecular formula is C16H31ClN4. The molecule has 0 spiro atoms. The molecule has 1 rings (SSSR count). The fourth-order valence-corrected chi connectivity index (χ4v) is 2.88. The Kier molecular flexibility index (Phi) is 6.70. The van der Waals surface area contributed by atoms with E-state index in [2.05, 4.69) is 68.7 Å². The summed E-state index contributed by atoms with van der Waals surface area (Å²) in [6.45, 7) is 12.7. The second-order valence-electron chi connectivity index (χ2n) is 6.24. The first-order chi connectivity index (χ1) is 9.79. The van der Waals surface area contributed by atoms with E-state index in [1.807, 2.05) is 0 Å². The van der Waals surface area contributed by atoms with Crippen molar-refractivity contribution in [3.05, 3.63) is 16.4 Å². The zero-order chi connectivity index (χ0) is 16.2. The summed E-state index contributed by atoms with van der Waals surface area (Å²) >= 11 is 6.56. The van der Waals surface area contributed by atoms with Gasteiger partial charge in [-0.05, 0) is 47.8 Å². The molecule has 0 saturated carbocycles. The zero-order valence-electron chi connectivity index (χ0n) is 14.6. The maximum atomic E-state index is 6.56. The van der Waals surface area contributed by atoms with Gasteiger partial charge >= 0.3 is 0 Å². The fourth-order valence-electron chi connectivity index (χ4n) is 2.54. The van der Waals surface area contributed by atoms with E-state index in [1.165, 1.54) is 0 Å². The molecule has 1 heterocycles. The number of aryl methyl sites for hydroxylation is 2. The van der Waals surface area contributed by atoms with Crippen LogP contribution in [0.5, 0.6) is 0 Å². The molecule has 1 unspecified atom stereocenters. The Morgan fingerprint density at radius 1 is 1.29 bits per heavy atom. The molecule has 0 aliphatic heterocycles. The smallest absolute Gasteiger partial charge is 0.0850 e. The molecule has 1 N–H and O–H groups in total. The van der Waals surface area contributed by atoms with Crippen molar-refractivity contribution in [2.45, 2.75) is 65.6 Å². The number of halogens is 1. The fraction of sp³-hybridized carbons (Fsp3) is 0.812. The Hall–Kier alpha value is -0.580. The van der Waals surface area contributed by atoms with Gasteiger partial charge < -0.3 is 10.2 Å². The van der Waals surface area contributed by atoms with Gasteiger partial charge in [0.1, 0.15) is 0 Å². The molecule has 21 heavy (non-hydrogen) atoms. The quantitative estimate of drug-likeness (QED) is 0.801. The Bertz CT molecular complexity index is 451. The third-order valence-corrected chi connectivity index (χ3v) is 4.98. The first-order valence-corrected chi connectivity index (χ1v) is 8.32. The molecule has 1 aromatic heterocycles. The summed E-state index contributed by atoms with van der Waals surface area (Å²) in [6, 6.07) is 0.321. The van der Waals surface area contributed by atoms with Gasteiger partial charge in [-0.2, -0.15) is 5.10 Å². The van der Waals surface area contributed by atoms with Crippen LogP contribution < -0.4 is 5.32 Å². The minimum atomic E-state index is 0.0363. The van der Waals surface area contributed by atoms with Gasteiger partial charge in [0.15, 0.2) is 0 Å². The van der Waals surface area contributed by atoms with Gasteiger partial charge in [-0.3, -0.25) is 4.68 Å². The van der Waals surface area contributed by atoms with Crippen molar-refractivity contribution >= 4 is 11.6 Å². The molecule has 1 aromatic rings. The van der Waals surface area contributed by atoms with Crippen LogP contribution in [-0.4, -0.2) is 46.9 Å². The van der Waals surface area contributed by atoms with E-state index in [1.54, 1.807) is 0 Å². The van der Waals surface area contributed by atoms with Gasteiger partial charge in [0, 0.05) is 24.5 Å². The van der Waals surface area contributed by atoms with Crippen LogP contribution in [0.4, 0.5) is 0 Å². The largest absolute Gasteiger partial charge is 0.312 e. The Morgan fingerprint density at radius 2 is 1.90 bits per heavy atom. The lowest BCUT2D eigenvalue weighted by Crippen LogP contribution is -2.56. The number of nitrogens with zero attached hydrogens (tertiary/aromatic N) is 3. The minimum absolute atomic E-state index is 0.0363. The highest BCUT2D eigenvalue weighted by molar-refractivity contribution is 6.31. The lowest BCUT2D eigenvalue weighted by Gasteiger charge is -2.40. The highest BCUT2D eigenvalue weighted by atomic mass is 35.5. The zero-order valence-corrected chi connectivity index (χ0v) is 15.4. The van der Waals surface area contributed by atoms with E-state index in [0.29, 0.717) is 6.04 Å². The minimum Gasteiger partial charge on any atom is -0.312 e. The molecule has 0 bridgehead atoms. The maximum Gasteiger partial charge on any atom is 0.0850 e. The molecule has 0 radical (unpaired) electrons. The molecule has 1 atom stereocenters. The van der Waals surface area contributed by atoms with Crippen LogP contribution in [0.3, 0.4) is 0 Å². The maximum absolute atomic E-state index is 6.56. The van der Waals surface area contributed by atoms with Crippen molar-refractivity contribution < 1.29 is 0 Å². The molecular weight excluding hydrogens is 284 g/mol. The summed E-state index contributed by atoms with van der Waals surface area (Å²) in [7, 11) is 4.25. The van der Waals surface area contributed by atoms with Crippen molar-refractivity contribution in [2.75, 3.05) is 20.6 Å². The van der Waals surface area contributed by atoms with Crippen LogP contribution in [0, 0.1) is 0 Å². The lowest BCUT2D eigenvalue weighted by atomic mass is 9.89. The molecule has 0 amide bonds. The first-order valence-electron chi connectivity index (χ1n) is 7.94. The third-order valence-electron chi connectivity index (χ3n) is 4.55. The van der Waals surface area contributed by atoms with Crippen LogP contribution in [0.15, 0.2) is 0 Å². The summed E-state index contributed by atoms with van der Waals surface area (Å²) in [5.41, 5.74) is 2.19. The van der Waals surface area contributed by atoms with Crippen LogP contribution in [0.1, 0.15) is 46.0 Å². The molecule has 5 heteroatoms. The van der Waals surface area contributed by atoms with Crippen molar-refractivity contribution in [1.29, 1.82) is 0 Å². The van der Waals surface area contributed by atoms with Crippen LogP contribution >= 0.6 is 11.6 Å². The number of hydrogen-bond acceptors (Lipinski definition) is 3. The Balaban J connectivity index is 3.12. The number of hydrogen-bond donors (Lipinski definition) is 1. The predicted molar refractivity (Wildman–Crippen MR) is 91.2 cm³/mol. The van der Waals surface area contributed by atoms with E-state index >= 15 is 0 Å². The second kappa shape index (κ2) is 7.61. The van der Waals surface area contributed by atoms with Gasteiger partial charge in [-0.15, -0.1) is 0 Å². The average molecular weight is 315 g/mol. The van der Waals surface area contributed by atoms with Gasteiger partial charge in [0.2, 0.25) is 0 Å². The highest BCUT2D eigenvalue weighted by Crippen LogP contribution is 2.26. The second-order valence-corrected chi connectivity index (χ2v) is 6.62. The summed E-state index contributed by atoms with van der Waals surface area (Å²) in [4.78, 5) is 2.27. The third kappa shape index (κ3) is 3.99. The monoisotopic (exact) mass is 314 g/mol. The predicted octanol–water partition coefficient (Wildman–Crippen LogP) is 2.98. The topological polar surface area (TPSA) is 33.1 Å². The number of nitrogens with one attached hydrogen (secondary N) is 1. The normalized spacial score (nSPS) is 14.0. The average Bonchev–Trinajstić information content (AvgIpc) is 2.74. The standard InChI is InChI=1S/C16H31ClN4/c1-8-12-15(17)13(21(10-3)19-12)11-14(18-9-2)16(4,5)20(6)7/h14,18H,8-11H2,1-7H3. The number of likely N-dealkylation sites (N-methyl/N-ethyl adjacent to an activating group) is 2.